The minimum Gasteiger partial charge on any atom is -0.467 e. The minimum absolute atomic E-state index is 0.113. The lowest BCUT2D eigenvalue weighted by molar-refractivity contribution is -0.132. The fourth-order valence-corrected chi connectivity index (χ4v) is 3.97. The van der Waals surface area contributed by atoms with Crippen LogP contribution in [-0.2, 0) is 11.8 Å². The number of rotatable bonds is 5. The molecule has 1 aliphatic rings. The van der Waals surface area contributed by atoms with Gasteiger partial charge >= 0.3 is 0 Å². The van der Waals surface area contributed by atoms with Gasteiger partial charge in [0.25, 0.3) is 5.91 Å². The molecule has 1 amide bonds. The zero-order valence-electron chi connectivity index (χ0n) is 15.3. The van der Waals surface area contributed by atoms with Crippen LogP contribution in [0.4, 0.5) is 0 Å². The highest BCUT2D eigenvalue weighted by atomic mass is 35.5. The van der Waals surface area contributed by atoms with Crippen molar-refractivity contribution >= 4 is 35.0 Å². The lowest BCUT2D eigenvalue weighted by Gasteiger charge is -2.22. The summed E-state index contributed by atoms with van der Waals surface area (Å²) in [4.78, 5) is 13.2. The number of aromatic nitrogens is 3. The smallest absolute Gasteiger partial charge is 0.256 e. The van der Waals surface area contributed by atoms with Gasteiger partial charge in [0.15, 0.2) is 5.16 Å². The van der Waals surface area contributed by atoms with E-state index in [2.05, 4.69) is 15.3 Å². The summed E-state index contributed by atoms with van der Waals surface area (Å²) in [5.74, 6) is 0.593. The molecule has 0 bridgehead atoms. The second-order valence-corrected chi connectivity index (χ2v) is 8.20. The van der Waals surface area contributed by atoms with Gasteiger partial charge in [-0.25, -0.2) is 5.01 Å². The summed E-state index contributed by atoms with van der Waals surface area (Å²) >= 11 is 7.35. The Hall–Kier alpha value is -2.58. The highest BCUT2D eigenvalue weighted by molar-refractivity contribution is 8.00. The summed E-state index contributed by atoms with van der Waals surface area (Å²) in [6.07, 6.45) is 3.79. The van der Waals surface area contributed by atoms with Gasteiger partial charge in [-0.3, -0.25) is 4.79 Å². The summed E-state index contributed by atoms with van der Waals surface area (Å²) in [6.45, 7) is 1.84. The molecule has 0 aliphatic carbocycles. The molecule has 144 valence electrons. The Kier molecular flexibility index (Phi) is 5.23. The van der Waals surface area contributed by atoms with E-state index < -0.39 is 0 Å². The molecule has 0 saturated heterocycles. The third-order valence-electron chi connectivity index (χ3n) is 4.49. The van der Waals surface area contributed by atoms with Crippen LogP contribution in [-0.4, -0.2) is 36.6 Å². The molecule has 2 unspecified atom stereocenters. The third kappa shape index (κ3) is 3.70. The molecular weight excluding hydrogens is 398 g/mol. The zero-order chi connectivity index (χ0) is 19.7. The maximum absolute atomic E-state index is 13.2. The van der Waals surface area contributed by atoms with E-state index in [4.69, 9.17) is 16.0 Å². The number of hydrazone groups is 1. The average Bonchev–Trinajstić information content (AvgIpc) is 3.43. The number of nitrogens with zero attached hydrogens (tertiary/aromatic N) is 5. The zero-order valence-corrected chi connectivity index (χ0v) is 16.9. The Bertz CT molecular complexity index is 1000. The minimum atomic E-state index is -0.381. The Morgan fingerprint density at radius 3 is 2.75 bits per heavy atom. The molecule has 0 fully saturated rings. The average molecular weight is 416 g/mol. The molecule has 0 radical (unpaired) electrons. The largest absolute Gasteiger partial charge is 0.467 e. The van der Waals surface area contributed by atoms with E-state index in [9.17, 15) is 4.79 Å². The van der Waals surface area contributed by atoms with Gasteiger partial charge in [0.1, 0.15) is 18.1 Å². The van der Waals surface area contributed by atoms with E-state index in [1.807, 2.05) is 50.4 Å². The van der Waals surface area contributed by atoms with Crippen molar-refractivity contribution < 1.29 is 9.21 Å². The molecule has 7 nitrogen and oxygen atoms in total. The number of carbonyl (C=O) groups excluding carboxylic acids is 1. The number of hydrogen-bond donors (Lipinski definition) is 0. The molecule has 1 aliphatic heterocycles. The summed E-state index contributed by atoms with van der Waals surface area (Å²) in [7, 11) is 1.85. The standard InChI is InChI=1S/C19H18ClN5O2S/c1-12(28-19-22-21-11-24(19)2)18(26)25-16(17-4-3-9-27-17)10-15(23-25)13-5-7-14(20)8-6-13/h3-9,11-12,16H,10H2,1-2H3. The molecule has 9 heteroatoms. The molecule has 3 heterocycles. The Morgan fingerprint density at radius 2 is 2.11 bits per heavy atom. The number of thioether (sulfide) groups is 1. The number of benzene rings is 1. The van der Waals surface area contributed by atoms with Gasteiger partial charge in [0.05, 0.1) is 17.2 Å². The van der Waals surface area contributed by atoms with Crippen LogP contribution >= 0.6 is 23.4 Å². The van der Waals surface area contributed by atoms with Gasteiger partial charge in [0.2, 0.25) is 0 Å². The number of carbonyl (C=O) groups is 1. The number of halogens is 1. The van der Waals surface area contributed by atoms with Crippen LogP contribution in [0.3, 0.4) is 0 Å². The number of aryl methyl sites for hydroxylation is 1. The summed E-state index contributed by atoms with van der Waals surface area (Å²) in [5.41, 5.74) is 1.76. The van der Waals surface area contributed by atoms with Crippen molar-refractivity contribution in [3.05, 3.63) is 65.3 Å². The highest BCUT2D eigenvalue weighted by Gasteiger charge is 2.37. The molecule has 0 spiro atoms. The van der Waals surface area contributed by atoms with Gasteiger partial charge in [-0.15, -0.1) is 10.2 Å². The van der Waals surface area contributed by atoms with Crippen molar-refractivity contribution in [1.29, 1.82) is 0 Å². The van der Waals surface area contributed by atoms with Gasteiger partial charge < -0.3 is 8.98 Å². The van der Waals surface area contributed by atoms with Crippen LogP contribution < -0.4 is 0 Å². The van der Waals surface area contributed by atoms with Crippen LogP contribution in [0, 0.1) is 0 Å². The number of amides is 1. The SMILES string of the molecule is CC(Sc1nncn1C)C(=O)N1N=C(c2ccc(Cl)cc2)CC1c1ccco1. The molecule has 2 atom stereocenters. The quantitative estimate of drug-likeness (QED) is 0.590. The van der Waals surface area contributed by atoms with Crippen molar-refractivity contribution in [3.63, 3.8) is 0 Å². The van der Waals surface area contributed by atoms with Crippen LogP contribution in [0.25, 0.3) is 0 Å². The first kappa shape index (κ1) is 18.8. The third-order valence-corrected chi connectivity index (χ3v) is 5.87. The van der Waals surface area contributed by atoms with Crippen molar-refractivity contribution in [3.8, 4) is 0 Å². The van der Waals surface area contributed by atoms with Crippen LogP contribution in [0.2, 0.25) is 5.02 Å². The molecule has 3 aromatic rings. The molecule has 0 saturated carbocycles. The monoisotopic (exact) mass is 415 g/mol. The Labute approximate surface area is 171 Å². The molecule has 28 heavy (non-hydrogen) atoms. The van der Waals surface area contributed by atoms with Crippen LogP contribution in [0.5, 0.6) is 0 Å². The lowest BCUT2D eigenvalue weighted by Crippen LogP contribution is -2.33. The van der Waals surface area contributed by atoms with Crippen molar-refractivity contribution in [1.82, 2.24) is 19.8 Å². The Balaban J connectivity index is 1.61. The summed E-state index contributed by atoms with van der Waals surface area (Å²) in [5, 5.41) is 15.0. The van der Waals surface area contributed by atoms with E-state index in [1.165, 1.54) is 16.8 Å². The first-order valence-corrected chi connectivity index (χ1v) is 9.99. The van der Waals surface area contributed by atoms with Crippen molar-refractivity contribution in [2.24, 2.45) is 12.1 Å². The molecule has 0 N–H and O–H groups in total. The van der Waals surface area contributed by atoms with E-state index in [0.29, 0.717) is 22.4 Å². The first-order chi connectivity index (χ1) is 13.5. The summed E-state index contributed by atoms with van der Waals surface area (Å²) < 4.78 is 7.37. The van der Waals surface area contributed by atoms with Gasteiger partial charge in [0, 0.05) is 18.5 Å². The normalized spacial score (nSPS) is 17.6. The fourth-order valence-electron chi connectivity index (χ4n) is 3.01. The van der Waals surface area contributed by atoms with Gasteiger partial charge in [-0.05, 0) is 36.8 Å². The Morgan fingerprint density at radius 1 is 1.32 bits per heavy atom. The van der Waals surface area contributed by atoms with Crippen molar-refractivity contribution in [2.45, 2.75) is 29.8 Å². The molecular formula is C19H18ClN5O2S. The van der Waals surface area contributed by atoms with Gasteiger partial charge in [-0.2, -0.15) is 5.10 Å². The maximum Gasteiger partial charge on any atom is 0.256 e. The first-order valence-electron chi connectivity index (χ1n) is 8.73. The second-order valence-electron chi connectivity index (χ2n) is 6.46. The van der Waals surface area contributed by atoms with E-state index in [-0.39, 0.29) is 17.2 Å². The van der Waals surface area contributed by atoms with Crippen LogP contribution in [0.15, 0.2) is 63.7 Å². The van der Waals surface area contributed by atoms with E-state index in [1.54, 1.807) is 17.2 Å². The molecule has 4 rings (SSSR count). The topological polar surface area (TPSA) is 76.5 Å². The van der Waals surface area contributed by atoms with E-state index in [0.717, 1.165) is 11.3 Å². The maximum atomic E-state index is 13.2. The predicted molar refractivity (Wildman–Crippen MR) is 107 cm³/mol. The molecule has 2 aromatic heterocycles. The molecule has 1 aromatic carbocycles. The van der Waals surface area contributed by atoms with E-state index >= 15 is 0 Å². The number of hydrogen-bond acceptors (Lipinski definition) is 6. The second kappa shape index (κ2) is 7.81. The summed E-state index contributed by atoms with van der Waals surface area (Å²) in [6, 6.07) is 10.9. The van der Waals surface area contributed by atoms with Crippen LogP contribution in [0.1, 0.15) is 30.7 Å². The lowest BCUT2D eigenvalue weighted by atomic mass is 10.0. The number of furan rings is 1. The predicted octanol–water partition coefficient (Wildman–Crippen LogP) is 3.92. The highest BCUT2D eigenvalue weighted by Crippen LogP contribution is 2.35. The van der Waals surface area contributed by atoms with Gasteiger partial charge in [-0.1, -0.05) is 35.5 Å². The fraction of sp³-hybridized carbons (Fsp3) is 0.263. The van der Waals surface area contributed by atoms with Crippen molar-refractivity contribution in [2.75, 3.05) is 0 Å².